The number of aromatic nitrogens is 1. The van der Waals surface area contributed by atoms with Crippen LogP contribution >= 0.6 is 0 Å². The van der Waals surface area contributed by atoms with Crippen molar-refractivity contribution >= 4 is 11.8 Å². The van der Waals surface area contributed by atoms with E-state index in [9.17, 15) is 4.79 Å². The molecule has 0 saturated carbocycles. The summed E-state index contributed by atoms with van der Waals surface area (Å²) < 4.78 is 4.94. The van der Waals surface area contributed by atoms with Gasteiger partial charge in [0.2, 0.25) is 0 Å². The predicted molar refractivity (Wildman–Crippen MR) is 74.2 cm³/mol. The number of hydrogen-bond acceptors (Lipinski definition) is 6. The Balaban J connectivity index is 1.88. The molecule has 20 heavy (non-hydrogen) atoms. The highest BCUT2D eigenvalue weighted by Crippen LogP contribution is 2.14. The molecule has 2 rings (SSSR count). The summed E-state index contributed by atoms with van der Waals surface area (Å²) in [5.74, 6) is 0.644. The van der Waals surface area contributed by atoms with Gasteiger partial charge in [-0.1, -0.05) is 0 Å². The van der Waals surface area contributed by atoms with E-state index in [2.05, 4.69) is 20.9 Å². The Hall–Kier alpha value is -2.13. The second-order valence-corrected chi connectivity index (χ2v) is 4.58. The highest BCUT2D eigenvalue weighted by Gasteiger charge is 2.20. The third kappa shape index (κ3) is 3.68. The highest BCUT2D eigenvalue weighted by molar-refractivity contribution is 5.71. The summed E-state index contributed by atoms with van der Waals surface area (Å²) >= 11 is 0. The molecule has 0 N–H and O–H groups in total. The van der Waals surface area contributed by atoms with Crippen LogP contribution in [0.5, 0.6) is 0 Å². The van der Waals surface area contributed by atoms with Crippen LogP contribution in [0, 0.1) is 11.3 Å². The van der Waals surface area contributed by atoms with Gasteiger partial charge in [-0.3, -0.25) is 9.69 Å². The largest absolute Gasteiger partial charge is 0.465 e. The molecule has 2 heterocycles. The van der Waals surface area contributed by atoms with Gasteiger partial charge in [0.05, 0.1) is 24.8 Å². The predicted octanol–water partition coefficient (Wildman–Crippen LogP) is 0.638. The maximum Gasteiger partial charge on any atom is 0.320 e. The Kier molecular flexibility index (Phi) is 4.91. The monoisotopic (exact) mass is 274 g/mol. The molecule has 6 heteroatoms. The molecule has 1 fully saturated rings. The lowest BCUT2D eigenvalue weighted by Gasteiger charge is -2.34. The van der Waals surface area contributed by atoms with E-state index in [1.54, 1.807) is 18.3 Å². The molecule has 0 unspecified atom stereocenters. The summed E-state index contributed by atoms with van der Waals surface area (Å²) in [4.78, 5) is 19.9. The van der Waals surface area contributed by atoms with Crippen molar-refractivity contribution in [3.63, 3.8) is 0 Å². The standard InChI is InChI=1S/C14H18N4O2/c1-2-20-14(19)11-17-5-7-18(8-6-17)13-9-12(10-15)3-4-16-13/h3-4,9H,2,5-8,11H2,1H3. The lowest BCUT2D eigenvalue weighted by Crippen LogP contribution is -2.48. The lowest BCUT2D eigenvalue weighted by molar-refractivity contribution is -0.144. The number of nitrogens with zero attached hydrogens (tertiary/aromatic N) is 4. The zero-order chi connectivity index (χ0) is 14.4. The van der Waals surface area contributed by atoms with Crippen molar-refractivity contribution in [1.29, 1.82) is 5.26 Å². The molecule has 6 nitrogen and oxygen atoms in total. The zero-order valence-corrected chi connectivity index (χ0v) is 11.6. The number of carbonyl (C=O) groups excluding carboxylic acids is 1. The fourth-order valence-corrected chi connectivity index (χ4v) is 2.19. The molecule has 0 aromatic carbocycles. The summed E-state index contributed by atoms with van der Waals surface area (Å²) in [6, 6.07) is 5.60. The van der Waals surface area contributed by atoms with Gasteiger partial charge >= 0.3 is 5.97 Å². The fourth-order valence-electron chi connectivity index (χ4n) is 2.19. The van der Waals surface area contributed by atoms with Gasteiger partial charge in [-0.2, -0.15) is 5.26 Å². The highest BCUT2D eigenvalue weighted by atomic mass is 16.5. The minimum atomic E-state index is -0.175. The van der Waals surface area contributed by atoms with E-state index in [4.69, 9.17) is 10.00 Å². The van der Waals surface area contributed by atoms with Crippen molar-refractivity contribution in [3.05, 3.63) is 23.9 Å². The van der Waals surface area contributed by atoms with Crippen LogP contribution in [0.25, 0.3) is 0 Å². The molecule has 106 valence electrons. The van der Waals surface area contributed by atoms with Crippen LogP contribution < -0.4 is 4.90 Å². The Morgan fingerprint density at radius 2 is 2.20 bits per heavy atom. The van der Waals surface area contributed by atoms with E-state index >= 15 is 0 Å². The molecule has 0 radical (unpaired) electrons. The van der Waals surface area contributed by atoms with Crippen molar-refractivity contribution in [2.75, 3.05) is 44.2 Å². The van der Waals surface area contributed by atoms with Gasteiger partial charge in [0.1, 0.15) is 5.82 Å². The van der Waals surface area contributed by atoms with Gasteiger partial charge in [0.25, 0.3) is 0 Å². The van der Waals surface area contributed by atoms with Crippen LogP contribution in [0.2, 0.25) is 0 Å². The van der Waals surface area contributed by atoms with Crippen LogP contribution in [0.4, 0.5) is 5.82 Å². The Morgan fingerprint density at radius 3 is 2.85 bits per heavy atom. The van der Waals surface area contributed by atoms with Crippen LogP contribution in [0.3, 0.4) is 0 Å². The summed E-state index contributed by atoms with van der Waals surface area (Å²) in [6.45, 7) is 5.73. The normalized spacial score (nSPS) is 15.7. The minimum absolute atomic E-state index is 0.175. The minimum Gasteiger partial charge on any atom is -0.465 e. The molecule has 1 saturated heterocycles. The van der Waals surface area contributed by atoms with Crippen LogP contribution in [0.1, 0.15) is 12.5 Å². The number of piperazine rings is 1. The second-order valence-electron chi connectivity index (χ2n) is 4.58. The summed E-state index contributed by atoms with van der Waals surface area (Å²) in [5.41, 5.74) is 0.615. The van der Waals surface area contributed by atoms with Gasteiger partial charge in [-0.15, -0.1) is 0 Å². The van der Waals surface area contributed by atoms with E-state index in [-0.39, 0.29) is 5.97 Å². The number of esters is 1. The van der Waals surface area contributed by atoms with E-state index in [0.717, 1.165) is 32.0 Å². The maximum absolute atomic E-state index is 11.4. The first-order chi connectivity index (χ1) is 9.72. The first-order valence-electron chi connectivity index (χ1n) is 6.72. The van der Waals surface area contributed by atoms with Crippen LogP contribution in [-0.4, -0.2) is 55.2 Å². The maximum atomic E-state index is 11.4. The third-order valence-corrected chi connectivity index (χ3v) is 3.23. The lowest BCUT2D eigenvalue weighted by atomic mass is 10.2. The number of ether oxygens (including phenoxy) is 1. The Morgan fingerprint density at radius 1 is 1.45 bits per heavy atom. The van der Waals surface area contributed by atoms with Crippen molar-refractivity contribution < 1.29 is 9.53 Å². The number of rotatable bonds is 4. The molecule has 0 bridgehead atoms. The number of hydrogen-bond donors (Lipinski definition) is 0. The van der Waals surface area contributed by atoms with Crippen LogP contribution in [-0.2, 0) is 9.53 Å². The summed E-state index contributed by atoms with van der Waals surface area (Å²) in [5, 5.41) is 8.90. The van der Waals surface area contributed by atoms with E-state index in [1.165, 1.54) is 0 Å². The molecular formula is C14H18N4O2. The summed E-state index contributed by atoms with van der Waals surface area (Å²) in [6.07, 6.45) is 1.65. The molecule has 1 aliphatic rings. The SMILES string of the molecule is CCOC(=O)CN1CCN(c2cc(C#N)ccn2)CC1. The molecule has 1 aromatic heterocycles. The van der Waals surface area contributed by atoms with Crippen LogP contribution in [0.15, 0.2) is 18.3 Å². The zero-order valence-electron chi connectivity index (χ0n) is 11.6. The topological polar surface area (TPSA) is 69.5 Å². The molecule has 0 amide bonds. The smallest absolute Gasteiger partial charge is 0.320 e. The van der Waals surface area contributed by atoms with Gasteiger partial charge in [-0.05, 0) is 19.1 Å². The van der Waals surface area contributed by atoms with Crippen molar-refractivity contribution in [1.82, 2.24) is 9.88 Å². The Bertz CT molecular complexity index is 504. The average molecular weight is 274 g/mol. The van der Waals surface area contributed by atoms with Crippen molar-refractivity contribution in [3.8, 4) is 6.07 Å². The number of nitriles is 1. The molecule has 0 aliphatic carbocycles. The molecule has 1 aliphatic heterocycles. The molecule has 0 atom stereocenters. The number of carbonyl (C=O) groups is 1. The van der Waals surface area contributed by atoms with Gasteiger partial charge in [0.15, 0.2) is 0 Å². The first kappa shape index (κ1) is 14.3. The van der Waals surface area contributed by atoms with Gasteiger partial charge in [-0.25, -0.2) is 4.98 Å². The molecule has 0 spiro atoms. The average Bonchev–Trinajstić information content (AvgIpc) is 2.48. The van der Waals surface area contributed by atoms with E-state index in [1.807, 2.05) is 6.92 Å². The van der Waals surface area contributed by atoms with E-state index in [0.29, 0.717) is 18.7 Å². The second kappa shape index (κ2) is 6.87. The number of anilines is 1. The Labute approximate surface area is 118 Å². The fraction of sp³-hybridized carbons (Fsp3) is 0.500. The summed E-state index contributed by atoms with van der Waals surface area (Å²) in [7, 11) is 0. The third-order valence-electron chi connectivity index (χ3n) is 3.23. The number of pyridine rings is 1. The molecular weight excluding hydrogens is 256 g/mol. The first-order valence-corrected chi connectivity index (χ1v) is 6.72. The molecule has 1 aromatic rings. The van der Waals surface area contributed by atoms with E-state index < -0.39 is 0 Å². The van der Waals surface area contributed by atoms with Crippen molar-refractivity contribution in [2.24, 2.45) is 0 Å². The van der Waals surface area contributed by atoms with Gasteiger partial charge < -0.3 is 9.64 Å². The van der Waals surface area contributed by atoms with Crippen molar-refractivity contribution in [2.45, 2.75) is 6.92 Å². The van der Waals surface area contributed by atoms with Gasteiger partial charge in [0, 0.05) is 32.4 Å². The quantitative estimate of drug-likeness (QED) is 0.750.